The van der Waals surface area contributed by atoms with Crippen molar-refractivity contribution in [3.63, 3.8) is 0 Å². The van der Waals surface area contributed by atoms with Gasteiger partial charge in [-0.1, -0.05) is 31.5 Å². The van der Waals surface area contributed by atoms with Crippen LogP contribution in [0.1, 0.15) is 35.7 Å². The standard InChI is InChI=1S/C26H26N2O5/c1-3-7-24(32-22-16-14-21(31-2)15-17-22)25(29)28-27-18-19-10-12-23(13-11-19)33-26(30)20-8-5-4-6-9-20/h4-6,8-18,24H,3,7H2,1-2H3,(H,28,29)/t24-/m1/s1. The van der Waals surface area contributed by atoms with Crippen LogP contribution in [0.5, 0.6) is 17.2 Å². The van der Waals surface area contributed by atoms with Gasteiger partial charge in [0.25, 0.3) is 5.91 Å². The summed E-state index contributed by atoms with van der Waals surface area (Å²) in [6, 6.07) is 22.6. The normalized spacial score (nSPS) is 11.6. The van der Waals surface area contributed by atoms with Gasteiger partial charge in [-0.05, 0) is 72.6 Å². The van der Waals surface area contributed by atoms with Gasteiger partial charge in [0.15, 0.2) is 6.10 Å². The van der Waals surface area contributed by atoms with Gasteiger partial charge in [0.1, 0.15) is 17.2 Å². The van der Waals surface area contributed by atoms with Crippen molar-refractivity contribution in [2.45, 2.75) is 25.9 Å². The van der Waals surface area contributed by atoms with Crippen molar-refractivity contribution in [3.05, 3.63) is 90.0 Å². The summed E-state index contributed by atoms with van der Waals surface area (Å²) in [6.45, 7) is 1.98. The molecule has 1 N–H and O–H groups in total. The van der Waals surface area contributed by atoms with E-state index in [1.165, 1.54) is 6.21 Å². The first-order valence-electron chi connectivity index (χ1n) is 10.6. The summed E-state index contributed by atoms with van der Waals surface area (Å²) < 4.78 is 16.3. The summed E-state index contributed by atoms with van der Waals surface area (Å²) in [6.07, 6.45) is 2.17. The zero-order chi connectivity index (χ0) is 23.5. The largest absolute Gasteiger partial charge is 0.497 e. The van der Waals surface area contributed by atoms with Crippen LogP contribution in [0.4, 0.5) is 0 Å². The molecule has 0 unspecified atom stereocenters. The van der Waals surface area contributed by atoms with Crippen LogP contribution in [0.2, 0.25) is 0 Å². The van der Waals surface area contributed by atoms with Gasteiger partial charge < -0.3 is 14.2 Å². The minimum Gasteiger partial charge on any atom is -0.497 e. The van der Waals surface area contributed by atoms with E-state index in [1.807, 2.05) is 13.0 Å². The quantitative estimate of drug-likeness (QED) is 0.213. The lowest BCUT2D eigenvalue weighted by Crippen LogP contribution is -2.35. The third-order valence-corrected chi connectivity index (χ3v) is 4.67. The predicted octanol–water partition coefficient (Wildman–Crippen LogP) is 4.61. The lowest BCUT2D eigenvalue weighted by molar-refractivity contribution is -0.128. The number of ether oxygens (including phenoxy) is 3. The minimum atomic E-state index is -0.666. The second-order valence-corrected chi connectivity index (χ2v) is 7.13. The van der Waals surface area contributed by atoms with E-state index >= 15 is 0 Å². The third-order valence-electron chi connectivity index (χ3n) is 4.67. The molecule has 3 rings (SSSR count). The van der Waals surface area contributed by atoms with Crippen molar-refractivity contribution in [3.8, 4) is 17.2 Å². The molecule has 0 aliphatic heterocycles. The second kappa shape index (κ2) is 12.0. The Morgan fingerprint density at radius 3 is 2.18 bits per heavy atom. The number of nitrogens with one attached hydrogen (secondary N) is 1. The van der Waals surface area contributed by atoms with E-state index < -0.39 is 12.1 Å². The first-order valence-corrected chi connectivity index (χ1v) is 10.6. The highest BCUT2D eigenvalue weighted by Gasteiger charge is 2.19. The Morgan fingerprint density at radius 2 is 1.55 bits per heavy atom. The molecule has 0 fully saturated rings. The monoisotopic (exact) mass is 446 g/mol. The lowest BCUT2D eigenvalue weighted by atomic mass is 10.2. The Kier molecular flexibility index (Phi) is 8.59. The first-order chi connectivity index (χ1) is 16.1. The number of methoxy groups -OCH3 is 1. The Morgan fingerprint density at radius 1 is 0.909 bits per heavy atom. The van der Waals surface area contributed by atoms with E-state index in [9.17, 15) is 9.59 Å². The fourth-order valence-corrected chi connectivity index (χ4v) is 2.93. The Balaban J connectivity index is 1.53. The fraction of sp³-hybridized carbons (Fsp3) is 0.192. The molecule has 1 atom stereocenters. The molecular weight excluding hydrogens is 420 g/mol. The number of amides is 1. The van der Waals surface area contributed by atoms with Gasteiger partial charge in [-0.15, -0.1) is 0 Å². The van der Waals surface area contributed by atoms with Crippen LogP contribution in [0.3, 0.4) is 0 Å². The van der Waals surface area contributed by atoms with Crippen molar-refractivity contribution >= 4 is 18.1 Å². The van der Waals surface area contributed by atoms with E-state index in [4.69, 9.17) is 14.2 Å². The maximum atomic E-state index is 12.5. The highest BCUT2D eigenvalue weighted by molar-refractivity contribution is 5.91. The highest BCUT2D eigenvalue weighted by atomic mass is 16.5. The summed E-state index contributed by atoms with van der Waals surface area (Å²) in [5, 5.41) is 4.02. The Labute approximate surface area is 193 Å². The topological polar surface area (TPSA) is 86.2 Å². The second-order valence-electron chi connectivity index (χ2n) is 7.13. The van der Waals surface area contributed by atoms with Crippen molar-refractivity contribution in [2.75, 3.05) is 7.11 Å². The average molecular weight is 447 g/mol. The molecule has 0 aliphatic carbocycles. The Hall–Kier alpha value is -4.13. The van der Waals surface area contributed by atoms with Gasteiger partial charge in [-0.25, -0.2) is 10.2 Å². The molecule has 0 aliphatic rings. The molecule has 170 valence electrons. The molecule has 0 aromatic heterocycles. The van der Waals surface area contributed by atoms with Crippen molar-refractivity contribution in [2.24, 2.45) is 5.10 Å². The van der Waals surface area contributed by atoms with Crippen LogP contribution in [0.25, 0.3) is 0 Å². The molecule has 0 radical (unpaired) electrons. The summed E-state index contributed by atoms with van der Waals surface area (Å²) in [5.74, 6) is 0.944. The summed E-state index contributed by atoms with van der Waals surface area (Å²) in [5.41, 5.74) is 3.73. The molecule has 33 heavy (non-hydrogen) atoms. The number of hydrogen-bond acceptors (Lipinski definition) is 6. The van der Waals surface area contributed by atoms with E-state index in [0.29, 0.717) is 29.2 Å². The van der Waals surface area contributed by atoms with Crippen molar-refractivity contribution in [1.29, 1.82) is 0 Å². The SMILES string of the molecule is CCC[C@@H](Oc1ccc(OC)cc1)C(=O)NN=Cc1ccc(OC(=O)c2ccccc2)cc1. The zero-order valence-electron chi connectivity index (χ0n) is 18.6. The number of benzene rings is 3. The van der Waals surface area contributed by atoms with E-state index in [0.717, 1.165) is 12.0 Å². The van der Waals surface area contributed by atoms with Crippen molar-refractivity contribution in [1.82, 2.24) is 5.43 Å². The smallest absolute Gasteiger partial charge is 0.343 e. The number of carbonyl (C=O) groups is 2. The molecule has 0 bridgehead atoms. The van der Waals surface area contributed by atoms with Crippen LogP contribution < -0.4 is 19.6 Å². The summed E-state index contributed by atoms with van der Waals surface area (Å²) in [7, 11) is 1.59. The van der Waals surface area contributed by atoms with E-state index in [2.05, 4.69) is 10.5 Å². The number of rotatable bonds is 10. The molecule has 0 heterocycles. The molecule has 3 aromatic carbocycles. The molecule has 1 amide bonds. The van der Waals surface area contributed by atoms with Gasteiger partial charge in [0.2, 0.25) is 0 Å². The summed E-state index contributed by atoms with van der Waals surface area (Å²) >= 11 is 0. The van der Waals surface area contributed by atoms with Gasteiger partial charge in [0, 0.05) is 0 Å². The minimum absolute atomic E-state index is 0.336. The summed E-state index contributed by atoms with van der Waals surface area (Å²) in [4.78, 5) is 24.6. The first kappa shape index (κ1) is 23.5. The maximum Gasteiger partial charge on any atom is 0.343 e. The zero-order valence-corrected chi connectivity index (χ0v) is 18.6. The van der Waals surface area contributed by atoms with Crippen LogP contribution in [-0.4, -0.2) is 31.3 Å². The van der Waals surface area contributed by atoms with Gasteiger partial charge in [0.05, 0.1) is 18.9 Å². The fourth-order valence-electron chi connectivity index (χ4n) is 2.93. The number of hydrazone groups is 1. The van der Waals surface area contributed by atoms with Crippen molar-refractivity contribution < 1.29 is 23.8 Å². The maximum absolute atomic E-state index is 12.5. The van der Waals surface area contributed by atoms with Gasteiger partial charge in [-0.2, -0.15) is 5.10 Å². The Bertz CT molecular complexity index is 1060. The molecule has 0 saturated carbocycles. The molecule has 0 saturated heterocycles. The van der Waals surface area contributed by atoms with E-state index in [-0.39, 0.29) is 5.91 Å². The number of esters is 1. The number of carbonyl (C=O) groups excluding carboxylic acids is 2. The van der Waals surface area contributed by atoms with Gasteiger partial charge in [-0.3, -0.25) is 4.79 Å². The van der Waals surface area contributed by atoms with Crippen LogP contribution in [0, 0.1) is 0 Å². The average Bonchev–Trinajstić information content (AvgIpc) is 2.85. The van der Waals surface area contributed by atoms with Crippen LogP contribution in [-0.2, 0) is 4.79 Å². The molecule has 3 aromatic rings. The highest BCUT2D eigenvalue weighted by Crippen LogP contribution is 2.19. The van der Waals surface area contributed by atoms with Crippen LogP contribution >= 0.6 is 0 Å². The predicted molar refractivity (Wildman–Crippen MR) is 126 cm³/mol. The number of hydrogen-bond donors (Lipinski definition) is 1. The van der Waals surface area contributed by atoms with Gasteiger partial charge >= 0.3 is 5.97 Å². The molecular formula is C26H26N2O5. The molecule has 7 nitrogen and oxygen atoms in total. The number of nitrogens with zero attached hydrogens (tertiary/aromatic N) is 1. The molecule has 0 spiro atoms. The van der Waals surface area contributed by atoms with E-state index in [1.54, 1.807) is 79.9 Å². The van der Waals surface area contributed by atoms with Crippen LogP contribution in [0.15, 0.2) is 84.0 Å². The lowest BCUT2D eigenvalue weighted by Gasteiger charge is -2.17. The molecule has 7 heteroatoms. The third kappa shape index (κ3) is 7.21.